The number of amides is 1. The Hall–Kier alpha value is -1.34. The summed E-state index contributed by atoms with van der Waals surface area (Å²) in [6, 6.07) is 4.38. The van der Waals surface area contributed by atoms with Gasteiger partial charge in [0.25, 0.3) is 0 Å². The van der Waals surface area contributed by atoms with Crippen LogP contribution in [0.5, 0.6) is 0 Å². The number of hydrogen-bond donors (Lipinski definition) is 0. The minimum absolute atomic E-state index is 0.0943. The fourth-order valence-corrected chi connectivity index (χ4v) is 3.05. The van der Waals surface area contributed by atoms with E-state index < -0.39 is 0 Å². The average molecular weight is 248 g/mol. The Morgan fingerprint density at radius 2 is 2.29 bits per heavy atom. The molecule has 1 aliphatic carbocycles. The van der Waals surface area contributed by atoms with Gasteiger partial charge in [-0.3, -0.25) is 4.79 Å². The molecule has 0 spiro atoms. The van der Waals surface area contributed by atoms with Crippen molar-refractivity contribution in [2.45, 2.75) is 38.1 Å². The van der Waals surface area contributed by atoms with Crippen molar-refractivity contribution in [1.29, 1.82) is 5.26 Å². The van der Waals surface area contributed by atoms with E-state index in [0.717, 1.165) is 18.4 Å². The number of thiophene rings is 1. The molecule has 0 unspecified atom stereocenters. The maximum Gasteiger partial charge on any atom is 0.228 e. The van der Waals surface area contributed by atoms with Crippen LogP contribution in [0.2, 0.25) is 0 Å². The Morgan fingerprint density at radius 3 is 2.88 bits per heavy atom. The van der Waals surface area contributed by atoms with Gasteiger partial charge in [0.2, 0.25) is 5.91 Å². The van der Waals surface area contributed by atoms with Crippen molar-refractivity contribution in [1.82, 2.24) is 4.90 Å². The highest BCUT2D eigenvalue weighted by atomic mass is 32.1. The van der Waals surface area contributed by atoms with Gasteiger partial charge >= 0.3 is 0 Å². The molecule has 0 saturated heterocycles. The van der Waals surface area contributed by atoms with Gasteiger partial charge in [-0.2, -0.15) is 16.6 Å². The van der Waals surface area contributed by atoms with Crippen LogP contribution in [-0.2, 0) is 11.2 Å². The first-order chi connectivity index (χ1) is 8.31. The van der Waals surface area contributed by atoms with Crippen molar-refractivity contribution in [2.24, 2.45) is 0 Å². The highest BCUT2D eigenvalue weighted by Crippen LogP contribution is 2.24. The van der Waals surface area contributed by atoms with Gasteiger partial charge in [-0.15, -0.1) is 0 Å². The van der Waals surface area contributed by atoms with Crippen LogP contribution >= 0.6 is 11.3 Å². The molecule has 1 fully saturated rings. The van der Waals surface area contributed by atoms with Gasteiger partial charge in [-0.1, -0.05) is 12.8 Å². The topological polar surface area (TPSA) is 44.1 Å². The molecular formula is C13H16N2OS. The highest BCUT2D eigenvalue weighted by Gasteiger charge is 2.26. The number of carbonyl (C=O) groups is 1. The highest BCUT2D eigenvalue weighted by molar-refractivity contribution is 7.07. The SMILES string of the molecule is N#CCN(C(=O)Cc1ccsc1)C1CCCC1. The Kier molecular flexibility index (Phi) is 4.16. The first-order valence-electron chi connectivity index (χ1n) is 5.99. The normalized spacial score (nSPS) is 15.7. The Labute approximate surface area is 106 Å². The molecule has 3 nitrogen and oxygen atoms in total. The van der Waals surface area contributed by atoms with Gasteiger partial charge in [0.15, 0.2) is 0 Å². The maximum absolute atomic E-state index is 12.2. The third-order valence-electron chi connectivity index (χ3n) is 3.26. The van der Waals surface area contributed by atoms with E-state index in [1.54, 1.807) is 16.2 Å². The summed E-state index contributed by atoms with van der Waals surface area (Å²) in [5, 5.41) is 12.8. The quantitative estimate of drug-likeness (QED) is 0.769. The van der Waals surface area contributed by atoms with E-state index in [9.17, 15) is 4.79 Å². The van der Waals surface area contributed by atoms with Crippen LogP contribution < -0.4 is 0 Å². The van der Waals surface area contributed by atoms with Crippen molar-refractivity contribution >= 4 is 17.2 Å². The molecule has 1 aromatic heterocycles. The number of nitrogens with zero attached hydrogens (tertiary/aromatic N) is 2. The van der Waals surface area contributed by atoms with Gasteiger partial charge in [0, 0.05) is 6.04 Å². The number of carbonyl (C=O) groups excluding carboxylic acids is 1. The molecule has 1 aromatic rings. The number of hydrogen-bond acceptors (Lipinski definition) is 3. The minimum Gasteiger partial charge on any atom is -0.326 e. The van der Waals surface area contributed by atoms with Crippen LogP contribution in [0.4, 0.5) is 0 Å². The third-order valence-corrected chi connectivity index (χ3v) is 3.99. The molecule has 1 heterocycles. The summed E-state index contributed by atoms with van der Waals surface area (Å²) in [7, 11) is 0. The van der Waals surface area contributed by atoms with Crippen LogP contribution in [-0.4, -0.2) is 23.4 Å². The van der Waals surface area contributed by atoms with E-state index >= 15 is 0 Å². The van der Waals surface area contributed by atoms with Gasteiger partial charge in [0.1, 0.15) is 6.54 Å². The lowest BCUT2D eigenvalue weighted by Gasteiger charge is -2.26. The fourth-order valence-electron chi connectivity index (χ4n) is 2.38. The van der Waals surface area contributed by atoms with Crippen molar-refractivity contribution in [3.8, 4) is 6.07 Å². The van der Waals surface area contributed by atoms with Gasteiger partial charge in [-0.25, -0.2) is 0 Å². The van der Waals surface area contributed by atoms with Crippen LogP contribution in [0, 0.1) is 11.3 Å². The molecule has 0 radical (unpaired) electrons. The smallest absolute Gasteiger partial charge is 0.228 e. The molecule has 90 valence electrons. The van der Waals surface area contributed by atoms with E-state index in [2.05, 4.69) is 6.07 Å². The molecule has 0 bridgehead atoms. The zero-order chi connectivity index (χ0) is 12.1. The van der Waals surface area contributed by atoms with Crippen molar-refractivity contribution < 1.29 is 4.79 Å². The summed E-state index contributed by atoms with van der Waals surface area (Å²) in [6.45, 7) is 0.230. The molecule has 0 atom stereocenters. The van der Waals surface area contributed by atoms with Crippen molar-refractivity contribution in [3.05, 3.63) is 22.4 Å². The molecule has 2 rings (SSSR count). The first kappa shape index (κ1) is 12.1. The second kappa shape index (κ2) is 5.83. The fraction of sp³-hybridized carbons (Fsp3) is 0.538. The molecule has 0 aliphatic heterocycles. The lowest BCUT2D eigenvalue weighted by molar-refractivity contribution is -0.132. The first-order valence-corrected chi connectivity index (χ1v) is 6.93. The summed E-state index contributed by atoms with van der Waals surface area (Å²) in [5.74, 6) is 0.0943. The number of nitriles is 1. The van der Waals surface area contributed by atoms with Crippen molar-refractivity contribution in [3.63, 3.8) is 0 Å². The van der Waals surface area contributed by atoms with Gasteiger partial charge in [0.05, 0.1) is 12.5 Å². The van der Waals surface area contributed by atoms with Gasteiger partial charge in [-0.05, 0) is 35.2 Å². The van der Waals surface area contributed by atoms with E-state index in [1.807, 2.05) is 16.8 Å². The number of rotatable bonds is 4. The largest absolute Gasteiger partial charge is 0.326 e. The van der Waals surface area contributed by atoms with Crippen LogP contribution in [0.3, 0.4) is 0 Å². The summed E-state index contributed by atoms with van der Waals surface area (Å²) in [5.41, 5.74) is 1.06. The molecule has 1 amide bonds. The molecule has 0 aromatic carbocycles. The standard InChI is InChI=1S/C13H16N2OS/c14-6-7-15(12-3-1-2-4-12)13(16)9-11-5-8-17-10-11/h5,8,10,12H,1-4,7,9H2. The molecule has 0 N–H and O–H groups in total. The minimum atomic E-state index is 0.0943. The third kappa shape index (κ3) is 3.07. The van der Waals surface area contributed by atoms with E-state index in [4.69, 9.17) is 5.26 Å². The second-order valence-corrected chi connectivity index (χ2v) is 5.21. The molecular weight excluding hydrogens is 232 g/mol. The summed E-state index contributed by atoms with van der Waals surface area (Å²) < 4.78 is 0. The van der Waals surface area contributed by atoms with Crippen molar-refractivity contribution in [2.75, 3.05) is 6.54 Å². The monoisotopic (exact) mass is 248 g/mol. The van der Waals surface area contributed by atoms with E-state index in [1.165, 1.54) is 12.8 Å². The van der Waals surface area contributed by atoms with Gasteiger partial charge < -0.3 is 4.90 Å². The van der Waals surface area contributed by atoms with Crippen LogP contribution in [0.15, 0.2) is 16.8 Å². The predicted molar refractivity (Wildman–Crippen MR) is 67.6 cm³/mol. The molecule has 1 aliphatic rings. The second-order valence-electron chi connectivity index (χ2n) is 4.43. The Balaban J connectivity index is 2.00. The molecule has 4 heteroatoms. The summed E-state index contributed by atoms with van der Waals surface area (Å²) in [4.78, 5) is 13.9. The zero-order valence-electron chi connectivity index (χ0n) is 9.76. The maximum atomic E-state index is 12.2. The van der Waals surface area contributed by atoms with Crippen LogP contribution in [0.25, 0.3) is 0 Å². The average Bonchev–Trinajstić information content (AvgIpc) is 2.97. The Bertz CT molecular complexity index is 402. The zero-order valence-corrected chi connectivity index (χ0v) is 10.6. The van der Waals surface area contributed by atoms with E-state index in [-0.39, 0.29) is 12.5 Å². The summed E-state index contributed by atoms with van der Waals surface area (Å²) in [6.07, 6.45) is 4.90. The molecule has 1 saturated carbocycles. The lowest BCUT2D eigenvalue weighted by Crippen LogP contribution is -2.40. The molecule has 17 heavy (non-hydrogen) atoms. The summed E-state index contributed by atoms with van der Waals surface area (Å²) >= 11 is 1.60. The van der Waals surface area contributed by atoms with Crippen LogP contribution in [0.1, 0.15) is 31.2 Å². The Morgan fingerprint density at radius 1 is 1.53 bits per heavy atom. The lowest BCUT2D eigenvalue weighted by atomic mass is 10.1. The van der Waals surface area contributed by atoms with E-state index in [0.29, 0.717) is 12.5 Å². The predicted octanol–water partition coefficient (Wildman–Crippen LogP) is 2.59.